The van der Waals surface area contributed by atoms with E-state index in [1.54, 1.807) is 69.3 Å². The summed E-state index contributed by atoms with van der Waals surface area (Å²) in [5.41, 5.74) is 1.20. The van der Waals surface area contributed by atoms with Crippen molar-refractivity contribution in [2.75, 3.05) is 5.75 Å². The molecule has 1 aliphatic heterocycles. The first kappa shape index (κ1) is 31.8. The van der Waals surface area contributed by atoms with Gasteiger partial charge in [-0.15, -0.1) is 0 Å². The standard InChI is InChI=1S/C34H38N2O6S/c1-34(2,3)42-32(40)26(22-23-12-6-4-7-13-23)35-31(39)28-19-18-27(25-16-10-11-17-29(25)37)36(28)30(38)20-21-43-33(41)24-14-8-5-9-15-24/h4-17,26-28,37H,18-22H2,1-3H3,(H,35,39)/t26-,27?,28-/m0/s1. The van der Waals surface area contributed by atoms with Crippen molar-refractivity contribution < 1.29 is 29.0 Å². The lowest BCUT2D eigenvalue weighted by molar-refractivity contribution is -0.159. The second-order valence-electron chi connectivity index (χ2n) is 11.5. The highest BCUT2D eigenvalue weighted by atomic mass is 32.2. The minimum atomic E-state index is -0.964. The second-order valence-corrected chi connectivity index (χ2v) is 12.6. The Morgan fingerprint density at radius 2 is 1.56 bits per heavy atom. The van der Waals surface area contributed by atoms with Gasteiger partial charge in [-0.2, -0.15) is 0 Å². The van der Waals surface area contributed by atoms with Gasteiger partial charge in [0.25, 0.3) is 0 Å². The van der Waals surface area contributed by atoms with Crippen molar-refractivity contribution >= 4 is 34.7 Å². The van der Waals surface area contributed by atoms with Gasteiger partial charge in [0.1, 0.15) is 23.4 Å². The monoisotopic (exact) mass is 602 g/mol. The summed E-state index contributed by atoms with van der Waals surface area (Å²) in [7, 11) is 0. The Hall–Kier alpha value is -4.11. The third-order valence-electron chi connectivity index (χ3n) is 7.12. The van der Waals surface area contributed by atoms with E-state index in [-0.39, 0.29) is 35.4 Å². The van der Waals surface area contributed by atoms with E-state index >= 15 is 0 Å². The summed E-state index contributed by atoms with van der Waals surface area (Å²) in [6.45, 7) is 5.30. The molecular weight excluding hydrogens is 564 g/mol. The van der Waals surface area contributed by atoms with Gasteiger partial charge >= 0.3 is 5.97 Å². The van der Waals surface area contributed by atoms with Gasteiger partial charge in [0, 0.05) is 29.7 Å². The first-order valence-corrected chi connectivity index (χ1v) is 15.4. The SMILES string of the molecule is CC(C)(C)OC(=O)[C@H](Cc1ccccc1)NC(=O)[C@@H]1CCC(c2ccccc2O)N1C(=O)CCSC(=O)c1ccccc1. The van der Waals surface area contributed by atoms with Gasteiger partial charge in [0.05, 0.1) is 6.04 Å². The predicted octanol–water partition coefficient (Wildman–Crippen LogP) is 5.46. The molecular formula is C34H38N2O6S. The van der Waals surface area contributed by atoms with Gasteiger partial charge in [-0.05, 0) is 45.2 Å². The highest BCUT2D eigenvalue weighted by Gasteiger charge is 2.43. The fourth-order valence-electron chi connectivity index (χ4n) is 5.19. The molecule has 0 spiro atoms. The molecule has 226 valence electrons. The van der Waals surface area contributed by atoms with Crippen LogP contribution >= 0.6 is 11.8 Å². The fourth-order valence-corrected chi connectivity index (χ4v) is 5.96. The Kier molecular flexibility index (Phi) is 10.6. The first-order valence-electron chi connectivity index (χ1n) is 14.4. The number of para-hydroxylation sites is 1. The largest absolute Gasteiger partial charge is 0.508 e. The van der Waals surface area contributed by atoms with E-state index in [1.807, 2.05) is 36.4 Å². The molecule has 0 radical (unpaired) electrons. The maximum atomic E-state index is 13.8. The van der Waals surface area contributed by atoms with Gasteiger partial charge in [0.15, 0.2) is 0 Å². The van der Waals surface area contributed by atoms with E-state index in [0.29, 0.717) is 24.0 Å². The number of esters is 1. The number of rotatable bonds is 10. The minimum absolute atomic E-state index is 0.0244. The molecule has 2 N–H and O–H groups in total. The average molecular weight is 603 g/mol. The van der Waals surface area contributed by atoms with Crippen molar-refractivity contribution in [3.8, 4) is 5.75 Å². The van der Waals surface area contributed by atoms with Crippen LogP contribution in [0.1, 0.15) is 67.6 Å². The molecule has 43 heavy (non-hydrogen) atoms. The molecule has 1 heterocycles. The smallest absolute Gasteiger partial charge is 0.329 e. The third kappa shape index (κ3) is 8.70. The van der Waals surface area contributed by atoms with Crippen molar-refractivity contribution in [2.45, 2.75) is 70.2 Å². The zero-order valence-corrected chi connectivity index (χ0v) is 25.5. The number of likely N-dealkylation sites (tertiary alicyclic amines) is 1. The van der Waals surface area contributed by atoms with E-state index < -0.39 is 35.6 Å². The molecule has 2 amide bonds. The van der Waals surface area contributed by atoms with Crippen LogP contribution in [0, 0.1) is 0 Å². The molecule has 4 rings (SSSR count). The number of aromatic hydroxyl groups is 1. The van der Waals surface area contributed by atoms with Crippen LogP contribution in [-0.4, -0.2) is 56.3 Å². The number of phenols is 1. The topological polar surface area (TPSA) is 113 Å². The summed E-state index contributed by atoms with van der Waals surface area (Å²) in [6.07, 6.45) is 1.05. The molecule has 9 heteroatoms. The normalized spacial score (nSPS) is 17.2. The van der Waals surface area contributed by atoms with Crippen LogP contribution in [-0.2, 0) is 25.5 Å². The zero-order chi connectivity index (χ0) is 31.0. The summed E-state index contributed by atoms with van der Waals surface area (Å²) in [4.78, 5) is 54.8. The molecule has 8 nitrogen and oxygen atoms in total. The van der Waals surface area contributed by atoms with Crippen LogP contribution in [0.3, 0.4) is 0 Å². The van der Waals surface area contributed by atoms with Gasteiger partial charge < -0.3 is 20.1 Å². The molecule has 1 unspecified atom stereocenters. The Morgan fingerprint density at radius 1 is 0.930 bits per heavy atom. The number of thioether (sulfide) groups is 1. The van der Waals surface area contributed by atoms with Gasteiger partial charge in [-0.3, -0.25) is 14.4 Å². The number of nitrogens with zero attached hydrogens (tertiary/aromatic N) is 1. The van der Waals surface area contributed by atoms with Crippen LogP contribution < -0.4 is 5.32 Å². The maximum absolute atomic E-state index is 13.8. The number of phenolic OH excluding ortho intramolecular Hbond substituents is 1. The summed E-state index contributed by atoms with van der Waals surface area (Å²) < 4.78 is 5.63. The number of ether oxygens (including phenoxy) is 1. The number of benzene rings is 3. The second kappa shape index (κ2) is 14.4. The molecule has 0 bridgehead atoms. The molecule has 3 aromatic rings. The molecule has 1 fully saturated rings. The Labute approximate surface area is 256 Å². The number of hydrogen-bond donors (Lipinski definition) is 2. The van der Waals surface area contributed by atoms with Crippen LogP contribution in [0.2, 0.25) is 0 Å². The van der Waals surface area contributed by atoms with E-state index in [4.69, 9.17) is 4.74 Å². The number of hydrogen-bond acceptors (Lipinski definition) is 7. The zero-order valence-electron chi connectivity index (χ0n) is 24.7. The molecule has 0 saturated carbocycles. The van der Waals surface area contributed by atoms with Crippen LogP contribution in [0.25, 0.3) is 0 Å². The molecule has 0 aliphatic carbocycles. The Morgan fingerprint density at radius 3 is 2.21 bits per heavy atom. The minimum Gasteiger partial charge on any atom is -0.508 e. The lowest BCUT2D eigenvalue weighted by atomic mass is 10.0. The summed E-state index contributed by atoms with van der Waals surface area (Å²) >= 11 is 1.05. The van der Waals surface area contributed by atoms with E-state index in [2.05, 4.69) is 5.32 Å². The number of amides is 2. The molecule has 3 aromatic carbocycles. The van der Waals surface area contributed by atoms with Crippen molar-refractivity contribution in [1.82, 2.24) is 10.2 Å². The van der Waals surface area contributed by atoms with Crippen LogP contribution in [0.4, 0.5) is 0 Å². The van der Waals surface area contributed by atoms with Crippen molar-refractivity contribution in [3.63, 3.8) is 0 Å². The van der Waals surface area contributed by atoms with E-state index in [1.165, 1.54) is 4.90 Å². The van der Waals surface area contributed by atoms with Gasteiger partial charge in [0.2, 0.25) is 16.9 Å². The lowest BCUT2D eigenvalue weighted by Gasteiger charge is -2.32. The van der Waals surface area contributed by atoms with Crippen molar-refractivity contribution in [2.24, 2.45) is 0 Å². The first-order chi connectivity index (χ1) is 20.5. The molecule has 1 saturated heterocycles. The quantitative estimate of drug-likeness (QED) is 0.297. The summed E-state index contributed by atoms with van der Waals surface area (Å²) in [6, 6.07) is 22.6. The molecule has 3 atom stereocenters. The van der Waals surface area contributed by atoms with E-state index in [9.17, 15) is 24.3 Å². The summed E-state index contributed by atoms with van der Waals surface area (Å²) in [5.74, 6) is -1.06. The van der Waals surface area contributed by atoms with Crippen LogP contribution in [0.5, 0.6) is 5.75 Å². The fraction of sp³-hybridized carbons (Fsp3) is 0.353. The van der Waals surface area contributed by atoms with Gasteiger partial charge in [-0.1, -0.05) is 90.6 Å². The predicted molar refractivity (Wildman–Crippen MR) is 166 cm³/mol. The van der Waals surface area contributed by atoms with Gasteiger partial charge in [-0.25, -0.2) is 4.79 Å². The highest BCUT2D eigenvalue weighted by molar-refractivity contribution is 8.14. The Balaban J connectivity index is 1.53. The van der Waals surface area contributed by atoms with Crippen molar-refractivity contribution in [1.29, 1.82) is 0 Å². The van der Waals surface area contributed by atoms with Crippen molar-refractivity contribution in [3.05, 3.63) is 102 Å². The Bertz CT molecular complexity index is 1420. The third-order valence-corrected chi connectivity index (χ3v) is 8.03. The van der Waals surface area contributed by atoms with E-state index in [0.717, 1.165) is 17.3 Å². The maximum Gasteiger partial charge on any atom is 0.329 e. The number of carbonyl (C=O) groups excluding carboxylic acids is 4. The number of nitrogens with one attached hydrogen (secondary N) is 1. The molecule has 1 aliphatic rings. The molecule has 0 aromatic heterocycles. The number of carbonyl (C=O) groups is 4. The lowest BCUT2D eigenvalue weighted by Crippen LogP contribution is -2.53. The average Bonchev–Trinajstić information content (AvgIpc) is 3.42. The summed E-state index contributed by atoms with van der Waals surface area (Å²) in [5, 5.41) is 13.3. The van der Waals surface area contributed by atoms with Crippen LogP contribution in [0.15, 0.2) is 84.9 Å². The highest BCUT2D eigenvalue weighted by Crippen LogP contribution is 2.40.